The predicted molar refractivity (Wildman–Crippen MR) is 134 cm³/mol. The van der Waals surface area contributed by atoms with Crippen LogP contribution in [0.15, 0.2) is 0 Å². The van der Waals surface area contributed by atoms with Crippen LogP contribution in [0, 0.1) is 0 Å². The highest BCUT2D eigenvalue weighted by Gasteiger charge is 2.41. The molecule has 0 aliphatic carbocycles. The van der Waals surface area contributed by atoms with Crippen molar-refractivity contribution in [3.05, 3.63) is 0 Å². The van der Waals surface area contributed by atoms with Gasteiger partial charge >= 0.3 is 8.80 Å². The van der Waals surface area contributed by atoms with Crippen molar-refractivity contribution in [2.45, 2.75) is 156 Å². The minimum absolute atomic E-state index is 0.240. The Morgan fingerprint density at radius 1 is 0.533 bits per heavy atom. The SMILES string of the molecule is CCCCCCCCCCC(C)O[Si](CCCCCCCCCC)(OCC)OCC. The molecule has 0 bridgehead atoms. The Hall–Kier alpha value is 0.0969. The van der Waals surface area contributed by atoms with E-state index in [0.717, 1.165) is 12.5 Å². The maximum Gasteiger partial charge on any atom is 0.501 e. The van der Waals surface area contributed by atoms with Gasteiger partial charge in [-0.15, -0.1) is 0 Å². The molecule has 0 rings (SSSR count). The summed E-state index contributed by atoms with van der Waals surface area (Å²) in [6, 6.07) is 0.978. The summed E-state index contributed by atoms with van der Waals surface area (Å²) >= 11 is 0. The molecular weight excluding hydrogens is 388 g/mol. The molecule has 0 aromatic heterocycles. The third-order valence-electron chi connectivity index (χ3n) is 5.91. The molecule has 30 heavy (non-hydrogen) atoms. The molecule has 0 heterocycles. The normalized spacial score (nSPS) is 13.1. The lowest BCUT2D eigenvalue weighted by Gasteiger charge is -2.32. The Kier molecular flexibility index (Phi) is 22.4. The van der Waals surface area contributed by atoms with E-state index in [1.807, 2.05) is 0 Å². The Bertz CT molecular complexity index is 332. The second-order valence-corrected chi connectivity index (χ2v) is 11.6. The maximum atomic E-state index is 6.53. The van der Waals surface area contributed by atoms with Gasteiger partial charge in [0.25, 0.3) is 0 Å². The van der Waals surface area contributed by atoms with Crippen molar-refractivity contribution in [1.82, 2.24) is 0 Å². The van der Waals surface area contributed by atoms with E-state index in [-0.39, 0.29) is 6.10 Å². The summed E-state index contributed by atoms with van der Waals surface area (Å²) in [4.78, 5) is 0. The first kappa shape index (κ1) is 30.1. The van der Waals surface area contributed by atoms with E-state index in [9.17, 15) is 0 Å². The van der Waals surface area contributed by atoms with E-state index in [2.05, 4.69) is 34.6 Å². The Morgan fingerprint density at radius 2 is 0.933 bits per heavy atom. The second kappa shape index (κ2) is 22.3. The molecule has 0 fully saturated rings. The Balaban J connectivity index is 4.15. The molecule has 0 aliphatic rings. The first-order valence-electron chi connectivity index (χ1n) is 13.6. The van der Waals surface area contributed by atoms with Gasteiger partial charge in [0.05, 0.1) is 0 Å². The minimum Gasteiger partial charge on any atom is -0.374 e. The van der Waals surface area contributed by atoms with Crippen molar-refractivity contribution in [2.75, 3.05) is 13.2 Å². The van der Waals surface area contributed by atoms with Crippen molar-refractivity contribution < 1.29 is 13.3 Å². The topological polar surface area (TPSA) is 27.7 Å². The fraction of sp³-hybridized carbons (Fsp3) is 1.00. The van der Waals surface area contributed by atoms with Gasteiger partial charge in [-0.2, -0.15) is 0 Å². The van der Waals surface area contributed by atoms with Crippen LogP contribution in [0.2, 0.25) is 6.04 Å². The Labute approximate surface area is 191 Å². The van der Waals surface area contributed by atoms with Crippen LogP contribution in [0.1, 0.15) is 144 Å². The summed E-state index contributed by atoms with van der Waals surface area (Å²) < 4.78 is 18.9. The summed E-state index contributed by atoms with van der Waals surface area (Å²) in [6.45, 7) is 12.3. The molecule has 1 unspecified atom stereocenters. The molecule has 0 aliphatic heterocycles. The lowest BCUT2D eigenvalue weighted by atomic mass is 10.1. The van der Waals surface area contributed by atoms with Gasteiger partial charge in [-0.05, 0) is 33.6 Å². The molecule has 182 valence electrons. The first-order chi connectivity index (χ1) is 14.6. The van der Waals surface area contributed by atoms with E-state index in [1.165, 1.54) is 103 Å². The smallest absolute Gasteiger partial charge is 0.374 e. The van der Waals surface area contributed by atoms with Gasteiger partial charge in [0.2, 0.25) is 0 Å². The third-order valence-corrected chi connectivity index (χ3v) is 9.09. The van der Waals surface area contributed by atoms with Crippen molar-refractivity contribution >= 4 is 8.80 Å². The summed E-state index contributed by atoms with van der Waals surface area (Å²) in [7, 11) is -2.53. The van der Waals surface area contributed by atoms with Crippen molar-refractivity contribution in [1.29, 1.82) is 0 Å². The van der Waals surface area contributed by atoms with Gasteiger partial charge in [-0.25, -0.2) is 0 Å². The van der Waals surface area contributed by atoms with Gasteiger partial charge < -0.3 is 13.3 Å². The van der Waals surface area contributed by atoms with Crippen molar-refractivity contribution in [2.24, 2.45) is 0 Å². The molecule has 1 atom stereocenters. The summed E-state index contributed by atoms with van der Waals surface area (Å²) in [5.74, 6) is 0. The summed E-state index contributed by atoms with van der Waals surface area (Å²) in [6.07, 6.45) is 22.9. The molecular formula is C26H56O3Si. The lowest BCUT2D eigenvalue weighted by Crippen LogP contribution is -2.48. The zero-order valence-electron chi connectivity index (χ0n) is 21.4. The van der Waals surface area contributed by atoms with Gasteiger partial charge in [0.15, 0.2) is 0 Å². The number of hydrogen-bond acceptors (Lipinski definition) is 3. The molecule has 0 radical (unpaired) electrons. The van der Waals surface area contributed by atoms with E-state index in [1.54, 1.807) is 0 Å². The summed E-state index contributed by atoms with van der Waals surface area (Å²) in [5, 5.41) is 0. The molecule has 0 amide bonds. The molecule has 0 aromatic rings. The van der Waals surface area contributed by atoms with Crippen LogP contribution in [0.3, 0.4) is 0 Å². The second-order valence-electron chi connectivity index (χ2n) is 8.97. The number of unbranched alkanes of at least 4 members (excludes halogenated alkanes) is 14. The highest BCUT2D eigenvalue weighted by atomic mass is 28.4. The maximum absolute atomic E-state index is 6.53. The highest BCUT2D eigenvalue weighted by molar-refractivity contribution is 6.60. The monoisotopic (exact) mass is 444 g/mol. The van der Waals surface area contributed by atoms with Gasteiger partial charge in [-0.1, -0.05) is 110 Å². The molecule has 0 saturated heterocycles. The van der Waals surface area contributed by atoms with Crippen LogP contribution < -0.4 is 0 Å². The van der Waals surface area contributed by atoms with Crippen LogP contribution in [0.25, 0.3) is 0 Å². The molecule has 0 spiro atoms. The van der Waals surface area contributed by atoms with Gasteiger partial charge in [-0.3, -0.25) is 0 Å². The molecule has 4 heteroatoms. The average Bonchev–Trinajstić information content (AvgIpc) is 2.72. The minimum atomic E-state index is -2.53. The average molecular weight is 445 g/mol. The van der Waals surface area contributed by atoms with E-state index < -0.39 is 8.80 Å². The zero-order valence-corrected chi connectivity index (χ0v) is 22.4. The fourth-order valence-corrected chi connectivity index (χ4v) is 7.08. The molecule has 0 saturated carbocycles. The van der Waals surface area contributed by atoms with E-state index in [4.69, 9.17) is 13.3 Å². The third kappa shape index (κ3) is 17.7. The number of hydrogen-bond donors (Lipinski definition) is 0. The number of rotatable bonds is 24. The van der Waals surface area contributed by atoms with Gasteiger partial charge in [0.1, 0.15) is 0 Å². The van der Waals surface area contributed by atoms with Crippen molar-refractivity contribution in [3.63, 3.8) is 0 Å². The van der Waals surface area contributed by atoms with Crippen LogP contribution in [0.4, 0.5) is 0 Å². The van der Waals surface area contributed by atoms with Gasteiger partial charge in [0, 0.05) is 25.4 Å². The van der Waals surface area contributed by atoms with Crippen molar-refractivity contribution in [3.8, 4) is 0 Å². The standard InChI is InChI=1S/C26H56O3Si/c1-6-10-12-14-16-18-20-22-24-26(5)29-30(27-8-3,28-9-4)25-23-21-19-17-15-13-11-7-2/h26H,6-25H2,1-5H3. The molecule has 3 nitrogen and oxygen atoms in total. The lowest BCUT2D eigenvalue weighted by molar-refractivity contribution is 0.0342. The predicted octanol–water partition coefficient (Wildman–Crippen LogP) is 9.07. The highest BCUT2D eigenvalue weighted by Crippen LogP contribution is 2.24. The van der Waals surface area contributed by atoms with E-state index in [0.29, 0.717) is 13.2 Å². The largest absolute Gasteiger partial charge is 0.501 e. The Morgan fingerprint density at radius 3 is 1.37 bits per heavy atom. The van der Waals surface area contributed by atoms with E-state index >= 15 is 0 Å². The van der Waals surface area contributed by atoms with Crippen LogP contribution in [-0.4, -0.2) is 28.1 Å². The zero-order chi connectivity index (χ0) is 22.3. The molecule has 0 aromatic carbocycles. The first-order valence-corrected chi connectivity index (χ1v) is 15.5. The summed E-state index contributed by atoms with van der Waals surface area (Å²) in [5.41, 5.74) is 0. The molecule has 0 N–H and O–H groups in total. The van der Waals surface area contributed by atoms with Crippen LogP contribution in [-0.2, 0) is 13.3 Å². The van der Waals surface area contributed by atoms with Crippen LogP contribution in [0.5, 0.6) is 0 Å². The van der Waals surface area contributed by atoms with Crippen LogP contribution >= 0.6 is 0 Å². The fourth-order valence-electron chi connectivity index (χ4n) is 4.16. The quantitative estimate of drug-likeness (QED) is 0.110.